The van der Waals surface area contributed by atoms with Crippen molar-refractivity contribution in [3.8, 4) is 11.3 Å². The monoisotopic (exact) mass is 290 g/mol. The van der Waals surface area contributed by atoms with Gasteiger partial charge in [-0.3, -0.25) is 10.1 Å². The van der Waals surface area contributed by atoms with Gasteiger partial charge in [0.25, 0.3) is 0 Å². The summed E-state index contributed by atoms with van der Waals surface area (Å²) in [6.45, 7) is 1.31. The van der Waals surface area contributed by atoms with Crippen LogP contribution in [-0.4, -0.2) is 43.9 Å². The van der Waals surface area contributed by atoms with Gasteiger partial charge in [0.1, 0.15) is 0 Å². The molecule has 20 heavy (non-hydrogen) atoms. The molecule has 6 heteroatoms. The van der Waals surface area contributed by atoms with Crippen molar-refractivity contribution in [2.24, 2.45) is 0 Å². The number of H-pyrrole nitrogens is 1. The van der Waals surface area contributed by atoms with Crippen molar-refractivity contribution < 1.29 is 5.11 Å². The average molecular weight is 290 g/mol. The summed E-state index contributed by atoms with van der Waals surface area (Å²) >= 11 is 1.81. The van der Waals surface area contributed by atoms with Crippen molar-refractivity contribution in [3.05, 3.63) is 36.3 Å². The summed E-state index contributed by atoms with van der Waals surface area (Å²) in [5.41, 5.74) is 2.55. The second kappa shape index (κ2) is 5.95. The summed E-state index contributed by atoms with van der Waals surface area (Å²) in [4.78, 5) is 4.13. The van der Waals surface area contributed by atoms with Crippen LogP contribution in [0.2, 0.25) is 0 Å². The van der Waals surface area contributed by atoms with Gasteiger partial charge in [-0.2, -0.15) is 16.9 Å². The maximum absolute atomic E-state index is 10.3. The molecule has 106 valence electrons. The van der Waals surface area contributed by atoms with Gasteiger partial charge in [0.15, 0.2) is 0 Å². The van der Waals surface area contributed by atoms with Gasteiger partial charge in [-0.05, 0) is 24.3 Å². The van der Waals surface area contributed by atoms with Gasteiger partial charge in [-0.15, -0.1) is 0 Å². The first-order valence-electron chi connectivity index (χ1n) is 6.70. The van der Waals surface area contributed by atoms with Crippen LogP contribution in [0.1, 0.15) is 12.0 Å². The Balaban J connectivity index is 1.63. The van der Waals surface area contributed by atoms with Crippen LogP contribution in [0.15, 0.2) is 30.7 Å². The van der Waals surface area contributed by atoms with Crippen molar-refractivity contribution >= 4 is 11.8 Å². The number of pyridine rings is 1. The minimum atomic E-state index is -0.553. The quantitative estimate of drug-likeness (QED) is 0.777. The molecule has 1 aliphatic heterocycles. The molecule has 1 atom stereocenters. The van der Waals surface area contributed by atoms with E-state index in [9.17, 15) is 5.11 Å². The van der Waals surface area contributed by atoms with Crippen molar-refractivity contribution in [3.63, 3.8) is 0 Å². The second-order valence-electron chi connectivity index (χ2n) is 5.14. The Morgan fingerprint density at radius 3 is 3.15 bits per heavy atom. The molecule has 1 saturated heterocycles. The van der Waals surface area contributed by atoms with Crippen LogP contribution in [0.25, 0.3) is 11.3 Å². The van der Waals surface area contributed by atoms with E-state index in [4.69, 9.17) is 0 Å². The first-order chi connectivity index (χ1) is 9.77. The Bertz CT molecular complexity index is 551. The Kier molecular flexibility index (Phi) is 4.05. The lowest BCUT2D eigenvalue weighted by atomic mass is 10.0. The minimum absolute atomic E-state index is 0.553. The lowest BCUT2D eigenvalue weighted by Gasteiger charge is -2.21. The number of nitrogens with one attached hydrogen (secondary N) is 2. The summed E-state index contributed by atoms with van der Waals surface area (Å²) in [5.74, 6) is 1.87. The molecule has 0 amide bonds. The topological polar surface area (TPSA) is 73.8 Å². The maximum Gasteiger partial charge on any atom is 0.0869 e. The SMILES string of the molecule is OC1(CNCc2cn[nH]c2-c2cccnc2)CCSC1. The molecule has 0 saturated carbocycles. The Morgan fingerprint density at radius 1 is 1.45 bits per heavy atom. The zero-order valence-electron chi connectivity index (χ0n) is 11.2. The van der Waals surface area contributed by atoms with Gasteiger partial charge >= 0.3 is 0 Å². The molecule has 0 aliphatic carbocycles. The van der Waals surface area contributed by atoms with Crippen LogP contribution in [-0.2, 0) is 6.54 Å². The van der Waals surface area contributed by atoms with E-state index >= 15 is 0 Å². The van der Waals surface area contributed by atoms with Gasteiger partial charge in [0, 0.05) is 42.4 Å². The highest BCUT2D eigenvalue weighted by molar-refractivity contribution is 7.99. The number of hydrogen-bond acceptors (Lipinski definition) is 5. The lowest BCUT2D eigenvalue weighted by Crippen LogP contribution is -2.40. The molecule has 0 aromatic carbocycles. The minimum Gasteiger partial charge on any atom is -0.388 e. The Hall–Kier alpha value is -1.37. The van der Waals surface area contributed by atoms with E-state index in [-0.39, 0.29) is 0 Å². The number of thioether (sulfide) groups is 1. The van der Waals surface area contributed by atoms with E-state index in [0.717, 1.165) is 34.7 Å². The van der Waals surface area contributed by atoms with Gasteiger partial charge in [-0.1, -0.05) is 0 Å². The Morgan fingerprint density at radius 2 is 2.40 bits per heavy atom. The molecule has 1 aliphatic rings. The van der Waals surface area contributed by atoms with Crippen molar-refractivity contribution in [2.45, 2.75) is 18.6 Å². The summed E-state index contributed by atoms with van der Waals surface area (Å²) in [5, 5.41) is 20.7. The first kappa shape index (κ1) is 13.6. The lowest BCUT2D eigenvalue weighted by molar-refractivity contribution is 0.0675. The van der Waals surface area contributed by atoms with Crippen LogP contribution in [0.3, 0.4) is 0 Å². The molecule has 2 aromatic heterocycles. The molecule has 3 rings (SSSR count). The van der Waals surface area contributed by atoms with Crippen molar-refractivity contribution in [1.82, 2.24) is 20.5 Å². The molecule has 1 fully saturated rings. The molecule has 0 spiro atoms. The standard InChI is InChI=1S/C14H18N4OS/c19-14(3-5-20-10-14)9-16-7-12-8-17-18-13(12)11-2-1-4-15-6-11/h1-2,4,6,8,16,19H,3,5,7,9-10H2,(H,17,18). The van der Waals surface area contributed by atoms with Gasteiger partial charge < -0.3 is 10.4 Å². The summed E-state index contributed by atoms with van der Waals surface area (Å²) in [6.07, 6.45) is 6.26. The van der Waals surface area contributed by atoms with Crippen LogP contribution < -0.4 is 5.32 Å². The summed E-state index contributed by atoms with van der Waals surface area (Å²) in [7, 11) is 0. The molecule has 2 aromatic rings. The number of aromatic amines is 1. The maximum atomic E-state index is 10.3. The fourth-order valence-corrected chi connectivity index (χ4v) is 3.67. The van der Waals surface area contributed by atoms with E-state index in [1.54, 1.807) is 6.20 Å². The van der Waals surface area contributed by atoms with Crippen LogP contribution in [0.5, 0.6) is 0 Å². The molecule has 0 radical (unpaired) electrons. The number of aromatic nitrogens is 3. The van der Waals surface area contributed by atoms with E-state index in [0.29, 0.717) is 13.1 Å². The van der Waals surface area contributed by atoms with E-state index in [2.05, 4.69) is 20.5 Å². The molecular formula is C14H18N4OS. The Labute approximate surface area is 122 Å². The van der Waals surface area contributed by atoms with Crippen molar-refractivity contribution in [1.29, 1.82) is 0 Å². The highest BCUT2D eigenvalue weighted by Gasteiger charge is 2.31. The molecule has 0 bridgehead atoms. The zero-order valence-corrected chi connectivity index (χ0v) is 12.0. The molecule has 1 unspecified atom stereocenters. The molecule has 3 heterocycles. The average Bonchev–Trinajstić information content (AvgIpc) is 3.10. The van der Waals surface area contributed by atoms with E-state index in [1.165, 1.54) is 0 Å². The van der Waals surface area contributed by atoms with Gasteiger partial charge in [0.2, 0.25) is 0 Å². The van der Waals surface area contributed by atoms with Crippen LogP contribution in [0, 0.1) is 0 Å². The highest BCUT2D eigenvalue weighted by Crippen LogP contribution is 2.27. The molecule has 5 nitrogen and oxygen atoms in total. The number of aliphatic hydroxyl groups is 1. The zero-order chi connectivity index (χ0) is 13.8. The predicted octanol–water partition coefficient (Wildman–Crippen LogP) is 1.43. The third kappa shape index (κ3) is 3.03. The normalized spacial score (nSPS) is 22.2. The summed E-state index contributed by atoms with van der Waals surface area (Å²) < 4.78 is 0. The van der Waals surface area contributed by atoms with Crippen molar-refractivity contribution in [2.75, 3.05) is 18.1 Å². The number of rotatable bonds is 5. The molecule has 3 N–H and O–H groups in total. The van der Waals surface area contributed by atoms with Crippen LogP contribution >= 0.6 is 11.8 Å². The van der Waals surface area contributed by atoms with Gasteiger partial charge in [0.05, 0.1) is 17.5 Å². The third-order valence-electron chi connectivity index (χ3n) is 3.52. The molecular weight excluding hydrogens is 272 g/mol. The fourth-order valence-electron chi connectivity index (χ4n) is 2.37. The third-order valence-corrected chi connectivity index (χ3v) is 4.75. The number of hydrogen-bond donors (Lipinski definition) is 3. The summed E-state index contributed by atoms with van der Waals surface area (Å²) in [6, 6.07) is 3.91. The largest absolute Gasteiger partial charge is 0.388 e. The fraction of sp³-hybridized carbons (Fsp3) is 0.429. The first-order valence-corrected chi connectivity index (χ1v) is 7.86. The highest BCUT2D eigenvalue weighted by atomic mass is 32.2. The predicted molar refractivity (Wildman–Crippen MR) is 80.4 cm³/mol. The van der Waals surface area contributed by atoms with E-state index < -0.39 is 5.60 Å². The second-order valence-corrected chi connectivity index (χ2v) is 6.25. The van der Waals surface area contributed by atoms with Gasteiger partial charge in [-0.25, -0.2) is 0 Å². The number of nitrogens with zero attached hydrogens (tertiary/aromatic N) is 2. The smallest absolute Gasteiger partial charge is 0.0869 e. The van der Waals surface area contributed by atoms with E-state index in [1.807, 2.05) is 36.3 Å². The van der Waals surface area contributed by atoms with Crippen LogP contribution in [0.4, 0.5) is 0 Å².